The summed E-state index contributed by atoms with van der Waals surface area (Å²) >= 11 is 0. The van der Waals surface area contributed by atoms with Gasteiger partial charge in [-0.05, 0) is 67.5 Å². The molecule has 1 aliphatic rings. The minimum atomic E-state index is -4.14. The molecule has 4 rings (SSSR count). The number of aryl methyl sites for hydroxylation is 3. The third-order valence-corrected chi connectivity index (χ3v) is 7.68. The van der Waals surface area contributed by atoms with Crippen molar-refractivity contribution in [3.63, 3.8) is 0 Å². The molecule has 2 heterocycles. The predicted octanol–water partition coefficient (Wildman–Crippen LogP) is 3.45. The second-order valence-electron chi connectivity index (χ2n) is 9.04. The Bertz CT molecular complexity index is 1290. The van der Waals surface area contributed by atoms with E-state index in [0.29, 0.717) is 19.5 Å². The molecule has 0 saturated carbocycles. The number of likely N-dealkylation sites (tertiary alicyclic amines) is 1. The molecular weight excluding hydrogens is 448 g/mol. The van der Waals surface area contributed by atoms with Gasteiger partial charge >= 0.3 is 0 Å². The van der Waals surface area contributed by atoms with E-state index in [1.54, 1.807) is 0 Å². The molecule has 0 aliphatic carbocycles. The van der Waals surface area contributed by atoms with Crippen molar-refractivity contribution in [2.24, 2.45) is 0 Å². The molecule has 34 heavy (non-hydrogen) atoms. The van der Waals surface area contributed by atoms with Gasteiger partial charge in [0.15, 0.2) is 5.03 Å². The highest BCUT2D eigenvalue weighted by Gasteiger charge is 2.39. The standard InChI is InChI=1S/C26H30N4O3S/c1-17-12-18(2)22(19(3)13-17)16-30-15-21(20-8-5-4-6-9-20)14-23(30)26(31)29-34(32,33)25-11-7-10-24(27)28-25/h4-13,21,23H,14-16H2,1-3H3,(H2,27,28)(H,29,31)/t21-,23-/m0/s1. The van der Waals surface area contributed by atoms with Crippen LogP contribution in [0.5, 0.6) is 0 Å². The van der Waals surface area contributed by atoms with Gasteiger partial charge in [0.2, 0.25) is 0 Å². The van der Waals surface area contributed by atoms with Gasteiger partial charge in [0.05, 0.1) is 6.04 Å². The van der Waals surface area contributed by atoms with Crippen molar-refractivity contribution in [2.45, 2.75) is 50.7 Å². The minimum absolute atomic E-state index is 0.0762. The van der Waals surface area contributed by atoms with E-state index >= 15 is 0 Å². The number of nitrogens with one attached hydrogen (secondary N) is 1. The molecule has 3 aromatic rings. The van der Waals surface area contributed by atoms with Crippen LogP contribution in [0.1, 0.15) is 40.2 Å². The summed E-state index contributed by atoms with van der Waals surface area (Å²) in [6.45, 7) is 7.44. The third-order valence-electron chi connectivity index (χ3n) is 6.43. The summed E-state index contributed by atoms with van der Waals surface area (Å²) in [7, 11) is -4.14. The molecule has 8 heteroatoms. The first kappa shape index (κ1) is 23.9. The van der Waals surface area contributed by atoms with Gasteiger partial charge in [-0.25, -0.2) is 9.71 Å². The normalized spacial score (nSPS) is 18.7. The average molecular weight is 479 g/mol. The van der Waals surface area contributed by atoms with E-state index in [2.05, 4.69) is 59.6 Å². The van der Waals surface area contributed by atoms with E-state index in [0.717, 1.165) is 22.3 Å². The van der Waals surface area contributed by atoms with Gasteiger partial charge < -0.3 is 5.73 Å². The predicted molar refractivity (Wildman–Crippen MR) is 133 cm³/mol. The summed E-state index contributed by atoms with van der Waals surface area (Å²) in [5.41, 5.74) is 11.5. The van der Waals surface area contributed by atoms with Gasteiger partial charge in [0.1, 0.15) is 5.82 Å². The zero-order valence-electron chi connectivity index (χ0n) is 19.7. The summed E-state index contributed by atoms with van der Waals surface area (Å²) in [6.07, 6.45) is 0.527. The largest absolute Gasteiger partial charge is 0.384 e. The van der Waals surface area contributed by atoms with E-state index < -0.39 is 22.0 Å². The van der Waals surface area contributed by atoms with Crippen molar-refractivity contribution in [2.75, 3.05) is 12.3 Å². The fraction of sp³-hybridized carbons (Fsp3) is 0.308. The van der Waals surface area contributed by atoms with E-state index in [-0.39, 0.29) is 16.8 Å². The fourth-order valence-electron chi connectivity index (χ4n) is 4.81. The van der Waals surface area contributed by atoms with Crippen molar-refractivity contribution in [1.29, 1.82) is 0 Å². The maximum atomic E-state index is 13.3. The molecule has 1 fully saturated rings. The molecule has 3 N–H and O–H groups in total. The molecule has 178 valence electrons. The lowest BCUT2D eigenvalue weighted by Crippen LogP contribution is -2.45. The Hall–Kier alpha value is -3.23. The van der Waals surface area contributed by atoms with E-state index in [1.807, 2.05) is 18.2 Å². The first-order chi connectivity index (χ1) is 16.1. The Kier molecular flexibility index (Phi) is 6.72. The second-order valence-corrected chi connectivity index (χ2v) is 10.7. The van der Waals surface area contributed by atoms with Crippen LogP contribution >= 0.6 is 0 Å². The van der Waals surface area contributed by atoms with Crippen LogP contribution in [0, 0.1) is 20.8 Å². The van der Waals surface area contributed by atoms with Gasteiger partial charge in [-0.3, -0.25) is 9.69 Å². The maximum absolute atomic E-state index is 13.3. The summed E-state index contributed by atoms with van der Waals surface area (Å²) in [5.74, 6) is -0.353. The highest BCUT2D eigenvalue weighted by Crippen LogP contribution is 2.34. The number of carbonyl (C=O) groups is 1. The minimum Gasteiger partial charge on any atom is -0.384 e. The summed E-state index contributed by atoms with van der Waals surface area (Å²) in [4.78, 5) is 19.3. The van der Waals surface area contributed by atoms with E-state index in [9.17, 15) is 13.2 Å². The van der Waals surface area contributed by atoms with Crippen molar-refractivity contribution in [3.8, 4) is 0 Å². The molecule has 0 unspecified atom stereocenters. The number of nitrogens with two attached hydrogens (primary N) is 1. The molecule has 7 nitrogen and oxygen atoms in total. The van der Waals surface area contributed by atoms with Gasteiger partial charge in [-0.1, -0.05) is 54.1 Å². The number of hydrogen-bond donors (Lipinski definition) is 2. The molecule has 1 amide bonds. The number of sulfonamides is 1. The summed E-state index contributed by atoms with van der Waals surface area (Å²) in [5, 5.41) is -0.268. The Labute approximate surface area is 201 Å². The molecule has 1 aliphatic heterocycles. The molecular formula is C26H30N4O3S. The van der Waals surface area contributed by atoms with Gasteiger partial charge in [0, 0.05) is 13.1 Å². The molecule has 1 saturated heterocycles. The topological polar surface area (TPSA) is 105 Å². The second kappa shape index (κ2) is 9.56. The lowest BCUT2D eigenvalue weighted by atomic mass is 9.96. The molecule has 1 aromatic heterocycles. The Morgan fingerprint density at radius 1 is 1.06 bits per heavy atom. The zero-order valence-corrected chi connectivity index (χ0v) is 20.5. The van der Waals surface area contributed by atoms with E-state index in [1.165, 1.54) is 23.8 Å². The smallest absolute Gasteiger partial charge is 0.281 e. The van der Waals surface area contributed by atoms with Crippen LogP contribution in [-0.4, -0.2) is 36.8 Å². The summed E-state index contributed by atoms with van der Waals surface area (Å²) in [6, 6.07) is 18.0. The Morgan fingerprint density at radius 2 is 1.74 bits per heavy atom. The molecule has 0 bridgehead atoms. The first-order valence-electron chi connectivity index (χ1n) is 11.3. The highest BCUT2D eigenvalue weighted by molar-refractivity contribution is 7.90. The van der Waals surface area contributed by atoms with Crippen molar-refractivity contribution in [1.82, 2.24) is 14.6 Å². The molecule has 2 aromatic carbocycles. The first-order valence-corrected chi connectivity index (χ1v) is 12.8. The van der Waals surface area contributed by atoms with Crippen LogP contribution in [0.15, 0.2) is 65.7 Å². The number of benzene rings is 2. The lowest BCUT2D eigenvalue weighted by molar-refractivity contribution is -0.123. The Morgan fingerprint density at radius 3 is 2.38 bits per heavy atom. The monoisotopic (exact) mass is 478 g/mol. The van der Waals surface area contributed by atoms with Gasteiger partial charge in [-0.15, -0.1) is 0 Å². The number of anilines is 1. The quantitative estimate of drug-likeness (QED) is 0.562. The van der Waals surface area contributed by atoms with E-state index in [4.69, 9.17) is 5.73 Å². The summed E-state index contributed by atoms with van der Waals surface area (Å²) < 4.78 is 27.9. The Balaban J connectivity index is 1.62. The van der Waals surface area contributed by atoms with Crippen molar-refractivity contribution < 1.29 is 13.2 Å². The number of nitrogens with zero attached hydrogens (tertiary/aromatic N) is 2. The number of rotatable bonds is 6. The average Bonchev–Trinajstić information content (AvgIpc) is 3.21. The van der Waals surface area contributed by atoms with Gasteiger partial charge in [0.25, 0.3) is 15.9 Å². The number of pyridine rings is 1. The van der Waals surface area contributed by atoms with Crippen LogP contribution in [0.25, 0.3) is 0 Å². The van der Waals surface area contributed by atoms with Crippen LogP contribution in [0.3, 0.4) is 0 Å². The number of amides is 1. The lowest BCUT2D eigenvalue weighted by Gasteiger charge is -2.25. The molecule has 0 radical (unpaired) electrons. The maximum Gasteiger partial charge on any atom is 0.281 e. The van der Waals surface area contributed by atoms with Crippen molar-refractivity contribution >= 4 is 21.7 Å². The third kappa shape index (κ3) is 5.13. The van der Waals surface area contributed by atoms with Crippen LogP contribution in [0.2, 0.25) is 0 Å². The number of nitrogen functional groups attached to an aromatic ring is 1. The molecule has 2 atom stereocenters. The number of hydrogen-bond acceptors (Lipinski definition) is 6. The van der Waals surface area contributed by atoms with Crippen LogP contribution in [0.4, 0.5) is 5.82 Å². The number of aromatic nitrogens is 1. The highest BCUT2D eigenvalue weighted by atomic mass is 32.2. The number of carbonyl (C=O) groups excluding carboxylic acids is 1. The van der Waals surface area contributed by atoms with Gasteiger partial charge in [-0.2, -0.15) is 8.42 Å². The SMILES string of the molecule is Cc1cc(C)c(CN2C[C@@H](c3ccccc3)C[C@H]2C(=O)NS(=O)(=O)c2cccc(N)n2)c(C)c1. The molecule has 0 spiro atoms. The zero-order chi connectivity index (χ0) is 24.5. The van der Waals surface area contributed by atoms with Crippen LogP contribution in [-0.2, 0) is 21.4 Å². The van der Waals surface area contributed by atoms with Crippen molar-refractivity contribution in [3.05, 3.63) is 88.5 Å². The van der Waals surface area contributed by atoms with Crippen LogP contribution < -0.4 is 10.5 Å². The fourth-order valence-corrected chi connectivity index (χ4v) is 5.80.